The zero-order valence-corrected chi connectivity index (χ0v) is 16.1. The van der Waals surface area contributed by atoms with Gasteiger partial charge in [-0.15, -0.1) is 0 Å². The molecule has 0 saturated heterocycles. The molecule has 1 amide bonds. The number of carbonyl (C=O) groups excluding carboxylic acids is 1. The van der Waals surface area contributed by atoms with Crippen molar-refractivity contribution in [1.29, 1.82) is 4.78 Å². The number of carbonyl (C=O) groups is 1. The first kappa shape index (κ1) is 18.6. The average Bonchev–Trinajstić information content (AvgIpc) is 2.84. The van der Waals surface area contributed by atoms with Gasteiger partial charge in [-0.1, -0.05) is 13.8 Å². The van der Waals surface area contributed by atoms with Gasteiger partial charge in [0.15, 0.2) is 0 Å². The molecule has 2 aromatic heterocycles. The lowest BCUT2D eigenvalue weighted by atomic mass is 9.98. The van der Waals surface area contributed by atoms with Gasteiger partial charge in [0.1, 0.15) is 15.6 Å². The van der Waals surface area contributed by atoms with E-state index in [1.165, 1.54) is 0 Å². The first-order valence-electron chi connectivity index (χ1n) is 8.73. The number of hydrogen-bond acceptors (Lipinski definition) is 4. The first-order valence-corrected chi connectivity index (χ1v) is 10.3. The van der Waals surface area contributed by atoms with E-state index >= 15 is 0 Å². The van der Waals surface area contributed by atoms with E-state index in [1.54, 1.807) is 42.3 Å². The second kappa shape index (κ2) is 7.20. The van der Waals surface area contributed by atoms with Crippen LogP contribution in [0.5, 0.6) is 0 Å². The van der Waals surface area contributed by atoms with Crippen LogP contribution in [0.15, 0.2) is 35.6 Å². The number of fused-ring (bicyclic) bond motifs is 1. The van der Waals surface area contributed by atoms with E-state index in [1.807, 2.05) is 0 Å². The van der Waals surface area contributed by atoms with Crippen LogP contribution >= 0.6 is 0 Å². The molecule has 0 saturated carbocycles. The summed E-state index contributed by atoms with van der Waals surface area (Å²) >= 11 is 0. The summed E-state index contributed by atoms with van der Waals surface area (Å²) in [6.45, 7) is 4.22. The van der Waals surface area contributed by atoms with Gasteiger partial charge < -0.3 is 9.88 Å². The van der Waals surface area contributed by atoms with Gasteiger partial charge in [-0.05, 0) is 37.3 Å². The molecule has 1 aliphatic rings. The Morgan fingerprint density at radius 2 is 2.15 bits per heavy atom. The first-order chi connectivity index (χ1) is 12.3. The Morgan fingerprint density at radius 3 is 2.81 bits per heavy atom. The van der Waals surface area contributed by atoms with Crippen molar-refractivity contribution in [3.05, 3.63) is 42.0 Å². The number of aryl methyl sites for hydroxylation is 1. The highest BCUT2D eigenvalue weighted by atomic mass is 32.2. The summed E-state index contributed by atoms with van der Waals surface area (Å²) in [5, 5.41) is 2.85. The molecule has 0 bridgehead atoms. The minimum atomic E-state index is -3.14. The van der Waals surface area contributed by atoms with Crippen molar-refractivity contribution < 1.29 is 9.00 Å². The van der Waals surface area contributed by atoms with Gasteiger partial charge in [0.25, 0.3) is 5.91 Å². The predicted molar refractivity (Wildman–Crippen MR) is 101 cm³/mol. The molecule has 7 nitrogen and oxygen atoms in total. The molecule has 0 aromatic carbocycles. The molecule has 3 N–H and O–H groups in total. The second-order valence-corrected chi connectivity index (χ2v) is 8.95. The van der Waals surface area contributed by atoms with Gasteiger partial charge in [0.2, 0.25) is 0 Å². The standard InChI is InChI=1S/C18H25N5O2S/c1-12(2)10-14-4-5-15-16(26(19,25)22-14)11-23(3)17(15)18(24)21-13-6-8-20-9-7-13/h6-9,11-12,14H,4-5,10H2,1-3H3,(H2,19,22,25)(H,20,21,24)/t14-,26?/m0/s1. The number of amides is 1. The fraction of sp³-hybridized carbons (Fsp3) is 0.444. The van der Waals surface area contributed by atoms with E-state index in [0.717, 1.165) is 12.8 Å². The molecule has 0 aliphatic carbocycles. The predicted octanol–water partition coefficient (Wildman–Crippen LogP) is 2.94. The van der Waals surface area contributed by atoms with Gasteiger partial charge in [-0.3, -0.25) is 9.78 Å². The topological polar surface area (TPSA) is 99.9 Å². The van der Waals surface area contributed by atoms with Crippen molar-refractivity contribution >= 4 is 21.5 Å². The normalized spacial score (nSPS) is 22.7. The van der Waals surface area contributed by atoms with Crippen molar-refractivity contribution in [1.82, 2.24) is 14.3 Å². The van der Waals surface area contributed by atoms with Gasteiger partial charge in [-0.2, -0.15) is 0 Å². The fourth-order valence-corrected chi connectivity index (χ4v) is 5.13. The van der Waals surface area contributed by atoms with Crippen LogP contribution in [0.4, 0.5) is 5.69 Å². The Kier molecular flexibility index (Phi) is 5.15. The lowest BCUT2D eigenvalue weighted by Gasteiger charge is -2.19. The van der Waals surface area contributed by atoms with Gasteiger partial charge >= 0.3 is 0 Å². The van der Waals surface area contributed by atoms with Crippen LogP contribution in [0.3, 0.4) is 0 Å². The highest BCUT2D eigenvalue weighted by Gasteiger charge is 2.31. The van der Waals surface area contributed by atoms with E-state index in [9.17, 15) is 9.00 Å². The molecule has 0 radical (unpaired) electrons. The summed E-state index contributed by atoms with van der Waals surface area (Å²) in [6, 6.07) is 3.44. The van der Waals surface area contributed by atoms with Gasteiger partial charge in [0.05, 0.1) is 4.90 Å². The Balaban J connectivity index is 1.94. The maximum absolute atomic E-state index is 13.0. The molecule has 3 rings (SSSR count). The smallest absolute Gasteiger partial charge is 0.272 e. The Morgan fingerprint density at radius 1 is 1.46 bits per heavy atom. The second-order valence-electron chi connectivity index (χ2n) is 7.16. The largest absolute Gasteiger partial charge is 0.345 e. The van der Waals surface area contributed by atoms with Gasteiger partial charge in [-0.25, -0.2) is 13.7 Å². The van der Waals surface area contributed by atoms with Crippen LogP contribution in [0.1, 0.15) is 42.7 Å². The third-order valence-electron chi connectivity index (χ3n) is 4.54. The maximum atomic E-state index is 13.0. The average molecular weight is 375 g/mol. The van der Waals surface area contributed by atoms with E-state index in [0.29, 0.717) is 34.2 Å². The molecule has 0 fully saturated rings. The molecular weight excluding hydrogens is 350 g/mol. The monoisotopic (exact) mass is 375 g/mol. The lowest BCUT2D eigenvalue weighted by Crippen LogP contribution is -2.33. The van der Waals surface area contributed by atoms with E-state index in [4.69, 9.17) is 4.78 Å². The molecule has 26 heavy (non-hydrogen) atoms. The number of aromatic nitrogens is 2. The third-order valence-corrected chi connectivity index (χ3v) is 6.18. The van der Waals surface area contributed by atoms with E-state index in [-0.39, 0.29) is 11.9 Å². The van der Waals surface area contributed by atoms with Crippen LogP contribution in [0, 0.1) is 10.7 Å². The van der Waals surface area contributed by atoms with Crippen LogP contribution in [0.25, 0.3) is 0 Å². The molecule has 2 atom stereocenters. The molecule has 1 aliphatic heterocycles. The minimum Gasteiger partial charge on any atom is -0.345 e. The van der Waals surface area contributed by atoms with E-state index < -0.39 is 9.92 Å². The lowest BCUT2D eigenvalue weighted by molar-refractivity contribution is 0.101. The Labute approximate surface area is 154 Å². The summed E-state index contributed by atoms with van der Waals surface area (Å²) in [5.74, 6) is 0.179. The number of hydrogen-bond donors (Lipinski definition) is 3. The number of pyridine rings is 1. The Hall–Kier alpha value is -2.19. The van der Waals surface area contributed by atoms with Crippen LogP contribution < -0.4 is 10.0 Å². The SMILES string of the molecule is CC(C)C[C@@H]1CCc2c(cn(C)c2C(=O)Nc2ccncc2)S(=N)(=O)N1. The van der Waals surface area contributed by atoms with Crippen molar-refractivity contribution in [2.75, 3.05) is 5.32 Å². The van der Waals surface area contributed by atoms with Crippen LogP contribution in [-0.2, 0) is 23.4 Å². The molecule has 140 valence electrons. The molecule has 3 heterocycles. The summed E-state index contributed by atoms with van der Waals surface area (Å²) < 4.78 is 26.0. The van der Waals surface area contributed by atoms with Crippen molar-refractivity contribution in [2.45, 2.75) is 44.0 Å². The van der Waals surface area contributed by atoms with Crippen molar-refractivity contribution in [2.24, 2.45) is 13.0 Å². The zero-order chi connectivity index (χ0) is 18.9. The number of anilines is 1. The summed E-state index contributed by atoms with van der Waals surface area (Å²) in [6.07, 6.45) is 7.09. The van der Waals surface area contributed by atoms with Crippen LogP contribution in [-0.4, -0.2) is 25.7 Å². The summed E-state index contributed by atoms with van der Waals surface area (Å²) in [5.41, 5.74) is 1.82. The summed E-state index contributed by atoms with van der Waals surface area (Å²) in [4.78, 5) is 17.2. The molecule has 8 heteroatoms. The van der Waals surface area contributed by atoms with Crippen LogP contribution in [0.2, 0.25) is 0 Å². The van der Waals surface area contributed by atoms with Gasteiger partial charge in [0, 0.05) is 42.9 Å². The summed E-state index contributed by atoms with van der Waals surface area (Å²) in [7, 11) is -1.39. The molecule has 1 unspecified atom stereocenters. The third kappa shape index (κ3) is 3.81. The van der Waals surface area contributed by atoms with Crippen molar-refractivity contribution in [3.8, 4) is 0 Å². The Bertz CT molecular complexity index is 903. The highest BCUT2D eigenvalue weighted by molar-refractivity contribution is 7.90. The van der Waals surface area contributed by atoms with E-state index in [2.05, 4.69) is 28.9 Å². The quantitative estimate of drug-likeness (QED) is 0.766. The zero-order valence-electron chi connectivity index (χ0n) is 15.3. The number of nitrogens with one attached hydrogen (secondary N) is 3. The number of rotatable bonds is 4. The maximum Gasteiger partial charge on any atom is 0.272 e. The highest BCUT2D eigenvalue weighted by Crippen LogP contribution is 2.29. The fourth-order valence-electron chi connectivity index (χ4n) is 3.47. The number of nitrogens with zero attached hydrogens (tertiary/aromatic N) is 2. The van der Waals surface area contributed by atoms with Crippen molar-refractivity contribution in [3.63, 3.8) is 0 Å². The molecule has 2 aromatic rings. The minimum absolute atomic E-state index is 0.00816. The molecule has 0 spiro atoms. The molecular formula is C18H25N5O2S.